The molecular weight excluding hydrogens is 311 g/mol. The van der Waals surface area contributed by atoms with E-state index in [4.69, 9.17) is 4.43 Å². The Kier molecular flexibility index (Phi) is 8.24. The average molecular weight is 342 g/mol. The Morgan fingerprint density at radius 3 is 1.43 bits per heavy atom. The minimum atomic E-state index is -4.48. The van der Waals surface area contributed by atoms with Crippen molar-refractivity contribution in [2.45, 2.75) is 84.0 Å². The minimum Gasteiger partial charge on any atom is -0.528 e. The van der Waals surface area contributed by atoms with Gasteiger partial charge in [0.1, 0.15) is 0 Å². The lowest BCUT2D eigenvalue weighted by Crippen LogP contribution is -2.45. The maximum atomic E-state index is 13.4. The summed E-state index contributed by atoms with van der Waals surface area (Å²) in [6, 6.07) is 4.24. The van der Waals surface area contributed by atoms with Crippen LogP contribution in [-0.2, 0) is 4.43 Å². The van der Waals surface area contributed by atoms with E-state index < -0.39 is 28.6 Å². The van der Waals surface area contributed by atoms with E-state index in [-0.39, 0.29) is 0 Å². The molecule has 0 N–H and O–H groups in total. The van der Waals surface area contributed by atoms with Gasteiger partial charge in [-0.2, -0.15) is 13.2 Å². The summed E-state index contributed by atoms with van der Waals surface area (Å²) in [5.74, 6) is -0.933. The van der Waals surface area contributed by atoms with Gasteiger partial charge in [-0.15, -0.1) is 0 Å². The van der Waals surface area contributed by atoms with Gasteiger partial charge in [-0.25, -0.2) is 0 Å². The third kappa shape index (κ3) is 5.43. The highest BCUT2D eigenvalue weighted by Crippen LogP contribution is 2.31. The molecule has 0 rings (SSSR count). The topological polar surface area (TPSA) is 21.6 Å². The van der Waals surface area contributed by atoms with Crippen molar-refractivity contribution < 1.29 is 17.6 Å². The van der Waals surface area contributed by atoms with Crippen LogP contribution in [0.4, 0.5) is 13.2 Å². The van der Waals surface area contributed by atoms with Crippen molar-refractivity contribution >= 4 is 22.5 Å². The summed E-state index contributed by atoms with van der Waals surface area (Å²) >= 11 is 0. The van der Waals surface area contributed by atoms with Crippen LogP contribution >= 0.6 is 0 Å². The molecule has 0 aliphatic carbocycles. The second-order valence-corrected chi connectivity index (χ2v) is 15.0. The highest BCUT2D eigenvalue weighted by atomic mass is 28.4. The fraction of sp³-hybridized carbons (Fsp3) is 0.929. The molecule has 0 saturated carbocycles. The zero-order chi connectivity index (χ0) is 16.7. The van der Waals surface area contributed by atoms with Crippen LogP contribution in [0.1, 0.15) is 41.5 Å². The maximum absolute atomic E-state index is 13.4. The van der Waals surface area contributed by atoms with Crippen LogP contribution in [-0.4, -0.2) is 28.6 Å². The first-order valence-corrected chi connectivity index (χ1v) is 13.1. The third-order valence-corrected chi connectivity index (χ3v) is 13.9. The van der Waals surface area contributed by atoms with Crippen molar-refractivity contribution in [1.29, 1.82) is 0 Å². The van der Waals surface area contributed by atoms with Gasteiger partial charge in [0.05, 0.1) is 0 Å². The van der Waals surface area contributed by atoms with Crippen LogP contribution in [0.25, 0.3) is 0 Å². The second-order valence-electron chi connectivity index (χ2n) is 5.55. The summed E-state index contributed by atoms with van der Waals surface area (Å²) in [4.78, 5) is 0. The number of hydrogen-bond acceptors (Lipinski definition) is 2. The van der Waals surface area contributed by atoms with Gasteiger partial charge in [0, 0.05) is 0 Å². The van der Waals surface area contributed by atoms with Gasteiger partial charge in [-0.3, -0.25) is 4.66 Å². The monoisotopic (exact) mass is 341 g/mol. The normalized spacial score (nSPS) is 14.4. The fourth-order valence-electron chi connectivity index (χ4n) is 2.52. The molecule has 0 aromatic rings. The fourth-order valence-corrected chi connectivity index (χ4v) is 7.69. The number of hydrogen-bond donors (Lipinski definition) is 0. The predicted molar refractivity (Wildman–Crippen MR) is 89.0 cm³/mol. The van der Waals surface area contributed by atoms with Gasteiger partial charge in [-0.05, 0) is 36.3 Å². The van der Waals surface area contributed by atoms with Crippen LogP contribution in [0.15, 0.2) is 4.66 Å². The van der Waals surface area contributed by atoms with Crippen molar-refractivity contribution in [1.82, 2.24) is 0 Å². The summed E-state index contributed by atoms with van der Waals surface area (Å²) in [6.45, 7) is 11.6. The van der Waals surface area contributed by atoms with Crippen molar-refractivity contribution in [2.24, 2.45) is 4.66 Å². The molecule has 7 heteroatoms. The summed E-state index contributed by atoms with van der Waals surface area (Å²) in [6.07, 6.45) is -4.48. The van der Waals surface area contributed by atoms with Gasteiger partial charge in [0.15, 0.2) is 8.24 Å². The lowest BCUT2D eigenvalue weighted by molar-refractivity contribution is -0.0715. The van der Waals surface area contributed by atoms with E-state index in [2.05, 4.69) is 4.66 Å². The van der Waals surface area contributed by atoms with Gasteiger partial charge < -0.3 is 4.43 Å². The van der Waals surface area contributed by atoms with Crippen LogP contribution < -0.4 is 0 Å². The summed E-state index contributed by atoms with van der Waals surface area (Å²) < 4.78 is 50.0. The molecular formula is C14H30F3NOSi2. The molecule has 0 aliphatic rings. The molecule has 2 nitrogen and oxygen atoms in total. The lowest BCUT2D eigenvalue weighted by Gasteiger charge is -2.32. The molecule has 0 aromatic carbocycles. The first-order chi connectivity index (χ1) is 9.68. The molecule has 0 bridgehead atoms. The molecule has 0 aromatic heterocycles. The quantitative estimate of drug-likeness (QED) is 0.302. The van der Waals surface area contributed by atoms with Crippen LogP contribution in [0.5, 0.6) is 0 Å². The van der Waals surface area contributed by atoms with E-state index in [1.165, 1.54) is 0 Å². The number of halogens is 3. The molecule has 0 radical (unpaired) electrons. The Hall–Kier alpha value is -0.306. The van der Waals surface area contributed by atoms with E-state index in [1.807, 2.05) is 41.5 Å². The van der Waals surface area contributed by atoms with Crippen LogP contribution in [0, 0.1) is 0 Å². The van der Waals surface area contributed by atoms with E-state index in [1.54, 1.807) is 0 Å². The summed E-state index contributed by atoms with van der Waals surface area (Å²) in [7, 11) is -4.62. The average Bonchev–Trinajstić information content (AvgIpc) is 2.48. The van der Waals surface area contributed by atoms with Crippen LogP contribution in [0.2, 0.25) is 36.3 Å². The van der Waals surface area contributed by atoms with Crippen molar-refractivity contribution in [3.63, 3.8) is 0 Å². The van der Waals surface area contributed by atoms with Gasteiger partial charge in [0.2, 0.25) is 0 Å². The standard InChI is InChI=1S/C14H30F3NOSi2/c1-7-20(8-2,9-3)18-13(14(15,16)17)19-21(10-4,11-5)12-6/h7-12H2,1-6H3. The third-order valence-electron chi connectivity index (χ3n) is 4.80. The molecule has 0 spiro atoms. The van der Waals surface area contributed by atoms with Crippen molar-refractivity contribution in [3.8, 4) is 0 Å². The first-order valence-electron chi connectivity index (χ1n) is 8.04. The molecule has 0 heterocycles. The number of alkyl halides is 3. The van der Waals surface area contributed by atoms with Gasteiger partial charge in [0.25, 0.3) is 14.2 Å². The second kappa shape index (κ2) is 8.36. The molecule has 0 fully saturated rings. The smallest absolute Gasteiger partial charge is 0.465 e. The SMILES string of the molecule is CC[Si](CC)(CC)N=C(O[Si](CC)(CC)CC)C(F)(F)F. The zero-order valence-corrected chi connectivity index (χ0v) is 16.2. The van der Waals surface area contributed by atoms with Gasteiger partial charge in [-0.1, -0.05) is 41.5 Å². The highest BCUT2D eigenvalue weighted by Gasteiger charge is 2.45. The van der Waals surface area contributed by atoms with Gasteiger partial charge >= 0.3 is 6.18 Å². The molecule has 126 valence electrons. The number of nitrogens with zero attached hydrogens (tertiary/aromatic N) is 1. The number of rotatable bonds is 8. The highest BCUT2D eigenvalue weighted by molar-refractivity contribution is 6.80. The minimum absolute atomic E-state index is 0.689. The summed E-state index contributed by atoms with van der Waals surface area (Å²) in [5.41, 5.74) is 0. The molecule has 0 unspecified atom stereocenters. The molecule has 0 aliphatic heterocycles. The van der Waals surface area contributed by atoms with Crippen LogP contribution in [0.3, 0.4) is 0 Å². The predicted octanol–water partition coefficient (Wildman–Crippen LogP) is 5.97. The van der Waals surface area contributed by atoms with E-state index in [0.717, 1.165) is 18.1 Å². The molecule has 21 heavy (non-hydrogen) atoms. The van der Waals surface area contributed by atoms with E-state index in [0.29, 0.717) is 18.1 Å². The molecule has 0 amide bonds. The molecule has 0 saturated heterocycles. The summed E-state index contributed by atoms with van der Waals surface area (Å²) in [5, 5.41) is 0. The first kappa shape index (κ1) is 20.7. The Balaban J connectivity index is 5.71. The van der Waals surface area contributed by atoms with E-state index >= 15 is 0 Å². The lowest BCUT2D eigenvalue weighted by atomic mass is 10.7. The Morgan fingerprint density at radius 1 is 0.810 bits per heavy atom. The Morgan fingerprint density at radius 2 is 1.19 bits per heavy atom. The van der Waals surface area contributed by atoms with Crippen molar-refractivity contribution in [2.75, 3.05) is 0 Å². The zero-order valence-electron chi connectivity index (χ0n) is 14.2. The van der Waals surface area contributed by atoms with E-state index in [9.17, 15) is 13.2 Å². The Labute approximate surface area is 129 Å². The Bertz CT molecular complexity index is 321. The largest absolute Gasteiger partial charge is 0.528 e. The molecule has 0 atom stereocenters. The maximum Gasteiger partial charge on any atom is 0.465 e. The van der Waals surface area contributed by atoms with Crippen molar-refractivity contribution in [3.05, 3.63) is 0 Å².